The van der Waals surface area contributed by atoms with E-state index in [0.717, 1.165) is 42.3 Å². The van der Waals surface area contributed by atoms with E-state index in [-0.39, 0.29) is 5.75 Å². The SMILES string of the molecule is N#Cc1cc2c(nc1SCC(=O)NCC(=O)[O-])CCC2. The molecule has 1 amide bonds. The number of pyridine rings is 1. The van der Waals surface area contributed by atoms with Gasteiger partial charge in [0.05, 0.1) is 23.8 Å². The van der Waals surface area contributed by atoms with E-state index >= 15 is 0 Å². The van der Waals surface area contributed by atoms with E-state index < -0.39 is 18.4 Å². The Balaban J connectivity index is 2.01. The van der Waals surface area contributed by atoms with Crippen LogP contribution >= 0.6 is 11.8 Å². The minimum absolute atomic E-state index is 0.0216. The Labute approximate surface area is 120 Å². The molecule has 7 heteroatoms. The van der Waals surface area contributed by atoms with Crippen LogP contribution in [0.3, 0.4) is 0 Å². The highest BCUT2D eigenvalue weighted by molar-refractivity contribution is 8.00. The minimum atomic E-state index is -1.34. The van der Waals surface area contributed by atoms with Crippen molar-refractivity contribution >= 4 is 23.6 Å². The number of thioether (sulfide) groups is 1. The van der Waals surface area contributed by atoms with Crippen LogP contribution in [0, 0.1) is 11.3 Å². The third kappa shape index (κ3) is 3.48. The van der Waals surface area contributed by atoms with Crippen LogP contribution in [0.1, 0.15) is 23.2 Å². The zero-order chi connectivity index (χ0) is 14.5. The topological polar surface area (TPSA) is 106 Å². The molecule has 6 nitrogen and oxygen atoms in total. The molecule has 104 valence electrons. The van der Waals surface area contributed by atoms with Gasteiger partial charge in [-0.2, -0.15) is 5.26 Å². The standard InChI is InChI=1S/C13H13N3O3S/c14-5-9-4-8-2-1-3-10(8)16-13(9)20-7-11(17)15-6-12(18)19/h4H,1-3,6-7H2,(H,15,17)(H,18,19)/p-1. The van der Waals surface area contributed by atoms with Gasteiger partial charge in [-0.05, 0) is 30.9 Å². The number of carbonyl (C=O) groups is 2. The van der Waals surface area contributed by atoms with E-state index in [4.69, 9.17) is 5.26 Å². The first-order valence-electron chi connectivity index (χ1n) is 6.12. The first-order valence-corrected chi connectivity index (χ1v) is 7.11. The van der Waals surface area contributed by atoms with Crippen molar-refractivity contribution in [2.24, 2.45) is 0 Å². The molecule has 0 radical (unpaired) electrons. The number of hydrogen-bond donors (Lipinski definition) is 1. The highest BCUT2D eigenvalue weighted by Crippen LogP contribution is 2.27. The molecule has 0 saturated heterocycles. The van der Waals surface area contributed by atoms with Crippen molar-refractivity contribution in [2.75, 3.05) is 12.3 Å². The summed E-state index contributed by atoms with van der Waals surface area (Å²) in [5, 5.41) is 22.1. The Kier molecular flexibility index (Phi) is 4.58. The van der Waals surface area contributed by atoms with Gasteiger partial charge in [-0.1, -0.05) is 11.8 Å². The molecule has 0 atom stereocenters. The first kappa shape index (κ1) is 14.3. The first-order chi connectivity index (χ1) is 9.60. The summed E-state index contributed by atoms with van der Waals surface area (Å²) in [6.07, 6.45) is 2.87. The molecule has 0 fully saturated rings. The maximum absolute atomic E-state index is 11.4. The number of amides is 1. The number of nitriles is 1. The van der Waals surface area contributed by atoms with Gasteiger partial charge in [0.1, 0.15) is 11.1 Å². The van der Waals surface area contributed by atoms with Crippen molar-refractivity contribution in [3.63, 3.8) is 0 Å². The molecule has 0 unspecified atom stereocenters. The lowest BCUT2D eigenvalue weighted by Gasteiger charge is -2.07. The van der Waals surface area contributed by atoms with E-state index in [0.29, 0.717) is 10.6 Å². The van der Waals surface area contributed by atoms with Gasteiger partial charge in [-0.15, -0.1) is 0 Å². The molecule has 0 saturated carbocycles. The smallest absolute Gasteiger partial charge is 0.230 e. The van der Waals surface area contributed by atoms with E-state index in [1.165, 1.54) is 0 Å². The molecular formula is C13H12N3O3S-. The summed E-state index contributed by atoms with van der Waals surface area (Å²) in [6, 6.07) is 3.91. The number of carbonyl (C=O) groups excluding carboxylic acids is 2. The number of aromatic nitrogens is 1. The quantitative estimate of drug-likeness (QED) is 0.726. The van der Waals surface area contributed by atoms with Crippen LogP contribution in [0.15, 0.2) is 11.1 Å². The second-order valence-electron chi connectivity index (χ2n) is 4.35. The Bertz CT molecular complexity index is 595. The number of nitrogens with zero attached hydrogens (tertiary/aromatic N) is 2. The number of carboxylic acids is 1. The highest BCUT2D eigenvalue weighted by Gasteiger charge is 2.17. The Morgan fingerprint density at radius 3 is 3.00 bits per heavy atom. The van der Waals surface area contributed by atoms with Gasteiger partial charge in [0, 0.05) is 5.69 Å². The lowest BCUT2D eigenvalue weighted by Crippen LogP contribution is -2.38. The van der Waals surface area contributed by atoms with Gasteiger partial charge in [0.25, 0.3) is 0 Å². The average molecular weight is 290 g/mol. The van der Waals surface area contributed by atoms with Gasteiger partial charge in [0.15, 0.2) is 0 Å². The van der Waals surface area contributed by atoms with Gasteiger partial charge >= 0.3 is 0 Å². The van der Waals surface area contributed by atoms with Crippen LogP contribution in [-0.2, 0) is 22.4 Å². The molecule has 1 N–H and O–H groups in total. The second-order valence-corrected chi connectivity index (χ2v) is 5.31. The lowest BCUT2D eigenvalue weighted by atomic mass is 10.2. The monoisotopic (exact) mass is 290 g/mol. The fourth-order valence-electron chi connectivity index (χ4n) is 2.00. The summed E-state index contributed by atoms with van der Waals surface area (Å²) >= 11 is 1.14. The molecule has 0 bridgehead atoms. The van der Waals surface area contributed by atoms with Crippen molar-refractivity contribution in [1.82, 2.24) is 10.3 Å². The van der Waals surface area contributed by atoms with Crippen molar-refractivity contribution in [3.05, 3.63) is 22.9 Å². The number of fused-ring (bicyclic) bond motifs is 1. The Hall–Kier alpha value is -2.07. The second kappa shape index (κ2) is 6.39. The fraction of sp³-hybridized carbons (Fsp3) is 0.385. The zero-order valence-electron chi connectivity index (χ0n) is 10.6. The molecule has 20 heavy (non-hydrogen) atoms. The summed E-state index contributed by atoms with van der Waals surface area (Å²) in [4.78, 5) is 26.1. The minimum Gasteiger partial charge on any atom is -0.548 e. The number of hydrogen-bond acceptors (Lipinski definition) is 6. The van der Waals surface area contributed by atoms with E-state index in [1.807, 2.05) is 6.07 Å². The number of aryl methyl sites for hydroxylation is 2. The Morgan fingerprint density at radius 2 is 2.30 bits per heavy atom. The summed E-state index contributed by atoms with van der Waals surface area (Å²) in [5.74, 6) is -1.74. The van der Waals surface area contributed by atoms with E-state index in [2.05, 4.69) is 16.4 Å². The summed E-state index contributed by atoms with van der Waals surface area (Å²) in [7, 11) is 0. The molecule has 0 aliphatic heterocycles. The molecule has 1 aromatic heterocycles. The number of rotatable bonds is 5. The molecule has 1 aromatic rings. The number of nitrogens with one attached hydrogen (secondary N) is 1. The highest BCUT2D eigenvalue weighted by atomic mass is 32.2. The van der Waals surface area contributed by atoms with E-state index in [9.17, 15) is 14.7 Å². The number of carboxylic acid groups (broad SMARTS) is 1. The van der Waals surface area contributed by atoms with Gasteiger partial charge < -0.3 is 15.2 Å². The van der Waals surface area contributed by atoms with Crippen molar-refractivity contribution in [1.29, 1.82) is 5.26 Å². The zero-order valence-corrected chi connectivity index (χ0v) is 11.5. The van der Waals surface area contributed by atoms with E-state index in [1.54, 1.807) is 0 Å². The van der Waals surface area contributed by atoms with Gasteiger partial charge in [-0.3, -0.25) is 4.79 Å². The third-order valence-corrected chi connectivity index (χ3v) is 3.90. The maximum Gasteiger partial charge on any atom is 0.230 e. The molecule has 1 aliphatic carbocycles. The molecule has 1 heterocycles. The van der Waals surface area contributed by atoms with Crippen molar-refractivity contribution in [2.45, 2.75) is 24.3 Å². The molecule has 0 spiro atoms. The van der Waals surface area contributed by atoms with Crippen LogP contribution < -0.4 is 10.4 Å². The number of aliphatic carboxylic acids is 1. The molecule has 1 aliphatic rings. The van der Waals surface area contributed by atoms with Crippen LogP contribution in [0.2, 0.25) is 0 Å². The average Bonchev–Trinajstić information content (AvgIpc) is 2.88. The van der Waals surface area contributed by atoms with Crippen LogP contribution in [0.5, 0.6) is 0 Å². The normalized spacial score (nSPS) is 12.6. The summed E-state index contributed by atoms with van der Waals surface area (Å²) in [6.45, 7) is -0.512. The molecular weight excluding hydrogens is 278 g/mol. The van der Waals surface area contributed by atoms with Crippen molar-refractivity contribution in [3.8, 4) is 6.07 Å². The van der Waals surface area contributed by atoms with Crippen molar-refractivity contribution < 1.29 is 14.7 Å². The predicted octanol–water partition coefficient (Wildman–Crippen LogP) is -0.600. The summed E-state index contributed by atoms with van der Waals surface area (Å²) in [5.41, 5.74) is 2.55. The Morgan fingerprint density at radius 1 is 1.50 bits per heavy atom. The molecule has 0 aromatic carbocycles. The third-order valence-electron chi connectivity index (χ3n) is 2.91. The van der Waals surface area contributed by atoms with Gasteiger partial charge in [0.2, 0.25) is 5.91 Å². The molecule has 2 rings (SSSR count). The van der Waals surface area contributed by atoms with Crippen LogP contribution in [0.4, 0.5) is 0 Å². The van der Waals surface area contributed by atoms with Gasteiger partial charge in [-0.25, -0.2) is 4.98 Å². The lowest BCUT2D eigenvalue weighted by molar-refractivity contribution is -0.303. The van der Waals surface area contributed by atoms with Crippen LogP contribution in [0.25, 0.3) is 0 Å². The maximum atomic E-state index is 11.4. The predicted molar refractivity (Wildman–Crippen MR) is 69.7 cm³/mol. The fourth-order valence-corrected chi connectivity index (χ4v) is 2.80. The largest absolute Gasteiger partial charge is 0.548 e. The van der Waals surface area contributed by atoms with Crippen LogP contribution in [-0.4, -0.2) is 29.2 Å². The summed E-state index contributed by atoms with van der Waals surface area (Å²) < 4.78 is 0.